The monoisotopic (exact) mass is 240 g/mol. The zero-order valence-corrected chi connectivity index (χ0v) is 11.3. The van der Waals surface area contributed by atoms with E-state index in [1.165, 1.54) is 0 Å². The number of anilines is 1. The molecule has 0 aliphatic heterocycles. The average molecular weight is 240 g/mol. The van der Waals surface area contributed by atoms with Crippen LogP contribution in [0, 0.1) is 5.92 Å². The van der Waals surface area contributed by atoms with Gasteiger partial charge in [0.1, 0.15) is 0 Å². The summed E-state index contributed by atoms with van der Waals surface area (Å²) in [6, 6.07) is 0.873. The summed E-state index contributed by atoms with van der Waals surface area (Å²) in [7, 11) is 0. The van der Waals surface area contributed by atoms with Gasteiger partial charge in [0, 0.05) is 6.04 Å². The minimum absolute atomic E-state index is 0.354. The number of hydrogen-bond acceptors (Lipinski definition) is 5. The first-order chi connectivity index (χ1) is 8.11. The molecule has 1 unspecified atom stereocenters. The Kier molecular flexibility index (Phi) is 5.97. The largest absolute Gasteiger partial charge is 0.407 e. The Morgan fingerprint density at radius 1 is 1.24 bits per heavy atom. The highest BCUT2D eigenvalue weighted by atomic mass is 16.4. The number of aromatic nitrogens is 2. The van der Waals surface area contributed by atoms with Crippen molar-refractivity contribution in [1.82, 2.24) is 15.5 Å². The first-order valence-corrected chi connectivity index (χ1v) is 6.41. The van der Waals surface area contributed by atoms with E-state index in [9.17, 15) is 0 Å². The van der Waals surface area contributed by atoms with Gasteiger partial charge in [-0.2, -0.15) is 0 Å². The lowest BCUT2D eigenvalue weighted by Crippen LogP contribution is -2.17. The van der Waals surface area contributed by atoms with Crippen molar-refractivity contribution in [3.63, 3.8) is 0 Å². The second-order valence-electron chi connectivity index (χ2n) is 4.85. The van der Waals surface area contributed by atoms with Crippen LogP contribution in [0.3, 0.4) is 0 Å². The predicted molar refractivity (Wildman–Crippen MR) is 68.8 cm³/mol. The molecular formula is C12H24N4O. The lowest BCUT2D eigenvalue weighted by Gasteiger charge is -2.13. The van der Waals surface area contributed by atoms with Crippen molar-refractivity contribution in [2.45, 2.75) is 53.1 Å². The molecule has 0 aliphatic carbocycles. The average Bonchev–Trinajstić information content (AvgIpc) is 2.64. The highest BCUT2D eigenvalue weighted by molar-refractivity contribution is 5.18. The molecule has 1 atom stereocenters. The van der Waals surface area contributed by atoms with E-state index in [4.69, 9.17) is 4.42 Å². The fourth-order valence-corrected chi connectivity index (χ4v) is 1.73. The molecule has 1 rings (SSSR count). The Morgan fingerprint density at radius 2 is 2.00 bits per heavy atom. The van der Waals surface area contributed by atoms with Gasteiger partial charge in [-0.25, -0.2) is 0 Å². The fraction of sp³-hybridized carbons (Fsp3) is 0.833. The quantitative estimate of drug-likeness (QED) is 0.683. The summed E-state index contributed by atoms with van der Waals surface area (Å²) < 4.78 is 5.49. The van der Waals surface area contributed by atoms with Crippen molar-refractivity contribution in [2.24, 2.45) is 5.92 Å². The molecule has 1 aromatic heterocycles. The summed E-state index contributed by atoms with van der Waals surface area (Å²) in [5.41, 5.74) is 0. The molecular weight excluding hydrogens is 216 g/mol. The molecule has 1 heterocycles. The molecule has 5 heteroatoms. The van der Waals surface area contributed by atoms with Crippen molar-refractivity contribution >= 4 is 6.01 Å². The zero-order chi connectivity index (χ0) is 12.7. The molecule has 0 aliphatic rings. The van der Waals surface area contributed by atoms with E-state index in [2.05, 4.69) is 48.5 Å². The zero-order valence-electron chi connectivity index (χ0n) is 11.3. The standard InChI is InChI=1S/C12H24N4O/c1-5-6-13-8-11-15-16-12(17-11)14-10(4)7-9(2)3/h9-10,13H,5-8H2,1-4H3,(H,14,16). The molecule has 0 fully saturated rings. The number of hydrogen-bond donors (Lipinski definition) is 2. The van der Waals surface area contributed by atoms with Crippen molar-refractivity contribution < 1.29 is 4.42 Å². The fourth-order valence-electron chi connectivity index (χ4n) is 1.73. The van der Waals surface area contributed by atoms with Crippen LogP contribution in [0.1, 0.15) is 46.4 Å². The second-order valence-corrected chi connectivity index (χ2v) is 4.85. The SMILES string of the molecule is CCCNCc1nnc(NC(C)CC(C)C)o1. The van der Waals surface area contributed by atoms with Crippen LogP contribution >= 0.6 is 0 Å². The van der Waals surface area contributed by atoms with Crippen LogP contribution in [0.2, 0.25) is 0 Å². The molecule has 0 aromatic carbocycles. The van der Waals surface area contributed by atoms with Gasteiger partial charge >= 0.3 is 6.01 Å². The highest BCUT2D eigenvalue weighted by Crippen LogP contribution is 2.11. The topological polar surface area (TPSA) is 63.0 Å². The Hall–Kier alpha value is -1.10. The van der Waals surface area contributed by atoms with Gasteiger partial charge in [0.25, 0.3) is 0 Å². The smallest absolute Gasteiger partial charge is 0.315 e. The van der Waals surface area contributed by atoms with Crippen LogP contribution in [0.15, 0.2) is 4.42 Å². The van der Waals surface area contributed by atoms with E-state index in [0.717, 1.165) is 19.4 Å². The maximum atomic E-state index is 5.49. The first kappa shape index (κ1) is 14.0. The third-order valence-corrected chi connectivity index (χ3v) is 2.36. The number of rotatable bonds is 8. The summed E-state index contributed by atoms with van der Waals surface area (Å²) >= 11 is 0. The van der Waals surface area contributed by atoms with E-state index in [1.54, 1.807) is 0 Å². The van der Waals surface area contributed by atoms with Crippen molar-refractivity contribution in [3.05, 3.63) is 5.89 Å². The Balaban J connectivity index is 2.34. The normalized spacial score (nSPS) is 13.0. The third-order valence-electron chi connectivity index (χ3n) is 2.36. The third kappa shape index (κ3) is 5.68. The molecule has 0 amide bonds. The summed E-state index contributed by atoms with van der Waals surface area (Å²) in [5.74, 6) is 1.30. The van der Waals surface area contributed by atoms with Crippen molar-refractivity contribution in [3.8, 4) is 0 Å². The van der Waals surface area contributed by atoms with E-state index in [0.29, 0.717) is 30.4 Å². The molecule has 0 bridgehead atoms. The van der Waals surface area contributed by atoms with Gasteiger partial charge in [-0.15, -0.1) is 5.10 Å². The summed E-state index contributed by atoms with van der Waals surface area (Å²) in [6.45, 7) is 10.3. The van der Waals surface area contributed by atoms with Gasteiger partial charge < -0.3 is 15.1 Å². The molecule has 17 heavy (non-hydrogen) atoms. The maximum absolute atomic E-state index is 5.49. The number of nitrogens with zero attached hydrogens (tertiary/aromatic N) is 2. The van der Waals surface area contributed by atoms with Crippen LogP contribution in [-0.2, 0) is 6.54 Å². The molecule has 0 saturated carbocycles. The minimum atomic E-state index is 0.354. The molecule has 0 saturated heterocycles. The van der Waals surface area contributed by atoms with Gasteiger partial charge in [0.05, 0.1) is 6.54 Å². The lowest BCUT2D eigenvalue weighted by molar-refractivity contribution is 0.465. The van der Waals surface area contributed by atoms with Gasteiger partial charge in [0.15, 0.2) is 0 Å². The van der Waals surface area contributed by atoms with E-state index in [1.807, 2.05) is 0 Å². The van der Waals surface area contributed by atoms with Crippen molar-refractivity contribution in [2.75, 3.05) is 11.9 Å². The minimum Gasteiger partial charge on any atom is -0.407 e. The Morgan fingerprint density at radius 3 is 2.65 bits per heavy atom. The number of nitrogens with one attached hydrogen (secondary N) is 2. The molecule has 98 valence electrons. The Labute approximate surface area is 103 Å². The van der Waals surface area contributed by atoms with Crippen LogP contribution in [0.25, 0.3) is 0 Å². The van der Waals surface area contributed by atoms with Crippen LogP contribution in [0.5, 0.6) is 0 Å². The molecule has 5 nitrogen and oxygen atoms in total. The highest BCUT2D eigenvalue weighted by Gasteiger charge is 2.10. The van der Waals surface area contributed by atoms with Gasteiger partial charge in [-0.05, 0) is 32.2 Å². The first-order valence-electron chi connectivity index (χ1n) is 6.41. The molecule has 0 spiro atoms. The second kappa shape index (κ2) is 7.27. The van der Waals surface area contributed by atoms with Gasteiger partial charge in [0.2, 0.25) is 5.89 Å². The van der Waals surface area contributed by atoms with E-state index < -0.39 is 0 Å². The molecule has 0 radical (unpaired) electrons. The predicted octanol–water partition coefficient (Wildman–Crippen LogP) is 2.42. The van der Waals surface area contributed by atoms with Crippen LogP contribution < -0.4 is 10.6 Å². The van der Waals surface area contributed by atoms with Crippen LogP contribution in [-0.4, -0.2) is 22.8 Å². The Bertz CT molecular complexity index is 311. The lowest BCUT2D eigenvalue weighted by atomic mass is 10.1. The van der Waals surface area contributed by atoms with Gasteiger partial charge in [-0.1, -0.05) is 25.9 Å². The summed E-state index contributed by atoms with van der Waals surface area (Å²) in [5, 5.41) is 14.4. The molecule has 1 aromatic rings. The maximum Gasteiger partial charge on any atom is 0.315 e. The summed E-state index contributed by atoms with van der Waals surface area (Å²) in [6.07, 6.45) is 2.19. The van der Waals surface area contributed by atoms with Crippen LogP contribution in [0.4, 0.5) is 6.01 Å². The van der Waals surface area contributed by atoms with E-state index in [-0.39, 0.29) is 0 Å². The summed E-state index contributed by atoms with van der Waals surface area (Å²) in [4.78, 5) is 0. The molecule has 2 N–H and O–H groups in total. The van der Waals surface area contributed by atoms with Gasteiger partial charge in [-0.3, -0.25) is 0 Å². The van der Waals surface area contributed by atoms with Crippen molar-refractivity contribution in [1.29, 1.82) is 0 Å². The van der Waals surface area contributed by atoms with E-state index >= 15 is 0 Å².